The van der Waals surface area contributed by atoms with Crippen LogP contribution in [0.3, 0.4) is 0 Å². The van der Waals surface area contributed by atoms with E-state index < -0.39 is 10.0 Å². The molecule has 0 radical (unpaired) electrons. The fourth-order valence-electron chi connectivity index (χ4n) is 2.84. The average Bonchev–Trinajstić information content (AvgIpc) is 3.01. The molecule has 0 amide bonds. The Labute approximate surface area is 146 Å². The van der Waals surface area contributed by atoms with E-state index in [-0.39, 0.29) is 18.2 Å². The fraction of sp³-hybridized carbons (Fsp3) is 0.222. The molecule has 0 aliphatic rings. The van der Waals surface area contributed by atoms with Gasteiger partial charge in [0.15, 0.2) is 0 Å². The third-order valence-corrected chi connectivity index (χ3v) is 5.88. The summed E-state index contributed by atoms with van der Waals surface area (Å²) in [5, 5.41) is 1.70. The van der Waals surface area contributed by atoms with E-state index in [2.05, 4.69) is 9.71 Å². The SMILES string of the molecule is CCS(=O)(=O)NC[C@@H](c1ccccc1Cl)c1c[nH]c2ccccc12. The Morgan fingerprint density at radius 1 is 1.08 bits per heavy atom. The first kappa shape index (κ1) is 17.0. The molecule has 0 bridgehead atoms. The smallest absolute Gasteiger partial charge is 0.211 e. The number of hydrogen-bond acceptors (Lipinski definition) is 2. The highest BCUT2D eigenvalue weighted by molar-refractivity contribution is 7.89. The molecule has 1 aromatic heterocycles. The lowest BCUT2D eigenvalue weighted by Crippen LogP contribution is -2.30. The van der Waals surface area contributed by atoms with Gasteiger partial charge in [0.2, 0.25) is 10.0 Å². The summed E-state index contributed by atoms with van der Waals surface area (Å²) < 4.78 is 26.5. The summed E-state index contributed by atoms with van der Waals surface area (Å²) in [6.45, 7) is 1.89. The molecular weight excluding hydrogens is 344 g/mol. The van der Waals surface area contributed by atoms with Gasteiger partial charge in [-0.25, -0.2) is 13.1 Å². The van der Waals surface area contributed by atoms with Crippen molar-refractivity contribution < 1.29 is 8.42 Å². The van der Waals surface area contributed by atoms with Crippen LogP contribution in [0.25, 0.3) is 10.9 Å². The zero-order valence-electron chi connectivity index (χ0n) is 13.3. The third kappa shape index (κ3) is 3.48. The molecule has 0 spiro atoms. The maximum absolute atomic E-state index is 11.9. The summed E-state index contributed by atoms with van der Waals surface area (Å²) in [5.41, 5.74) is 2.95. The van der Waals surface area contributed by atoms with Crippen molar-refractivity contribution in [1.29, 1.82) is 0 Å². The standard InChI is InChI=1S/C18H19ClN2O2S/c1-2-24(22,23)21-12-16(13-7-3-5-9-17(13)19)15-11-20-18-10-6-4-8-14(15)18/h3-11,16,20-21H,2,12H2,1H3/t16-/m0/s1. The van der Waals surface area contributed by atoms with Gasteiger partial charge in [-0.05, 0) is 30.2 Å². The second-order valence-corrected chi connectivity index (χ2v) is 8.12. The van der Waals surface area contributed by atoms with Gasteiger partial charge in [-0.1, -0.05) is 48.0 Å². The molecule has 6 heteroatoms. The summed E-state index contributed by atoms with van der Waals surface area (Å²) in [4.78, 5) is 3.25. The number of para-hydroxylation sites is 1. The Kier molecular flexibility index (Phi) is 4.94. The normalized spacial score (nSPS) is 13.2. The highest BCUT2D eigenvalue weighted by atomic mass is 35.5. The van der Waals surface area contributed by atoms with E-state index in [1.807, 2.05) is 54.7 Å². The molecule has 0 saturated heterocycles. The van der Waals surface area contributed by atoms with Gasteiger partial charge in [-0.2, -0.15) is 0 Å². The summed E-state index contributed by atoms with van der Waals surface area (Å²) in [5.74, 6) is -0.118. The zero-order chi connectivity index (χ0) is 17.2. The molecule has 3 aromatic rings. The minimum atomic E-state index is -3.28. The first-order chi connectivity index (χ1) is 11.5. The molecule has 1 heterocycles. The lowest BCUT2D eigenvalue weighted by atomic mass is 9.91. The van der Waals surface area contributed by atoms with Gasteiger partial charge in [0.25, 0.3) is 0 Å². The maximum Gasteiger partial charge on any atom is 0.211 e. The van der Waals surface area contributed by atoms with E-state index in [4.69, 9.17) is 11.6 Å². The van der Waals surface area contributed by atoms with E-state index in [0.717, 1.165) is 22.0 Å². The largest absolute Gasteiger partial charge is 0.361 e. The number of aromatic nitrogens is 1. The van der Waals surface area contributed by atoms with Crippen LogP contribution in [0.15, 0.2) is 54.7 Å². The third-order valence-electron chi connectivity index (χ3n) is 4.16. The molecule has 2 N–H and O–H groups in total. The molecule has 0 unspecified atom stereocenters. The molecule has 0 aliphatic carbocycles. The number of H-pyrrole nitrogens is 1. The Hall–Kier alpha value is -1.82. The van der Waals surface area contributed by atoms with E-state index in [1.54, 1.807) is 6.92 Å². The van der Waals surface area contributed by atoms with Crippen molar-refractivity contribution in [3.63, 3.8) is 0 Å². The summed E-state index contributed by atoms with van der Waals surface area (Å²) in [6, 6.07) is 15.5. The van der Waals surface area contributed by atoms with Gasteiger partial charge >= 0.3 is 0 Å². The Morgan fingerprint density at radius 2 is 1.79 bits per heavy atom. The topological polar surface area (TPSA) is 62.0 Å². The van der Waals surface area contributed by atoms with Crippen LogP contribution < -0.4 is 4.72 Å². The number of sulfonamides is 1. The van der Waals surface area contributed by atoms with E-state index in [0.29, 0.717) is 5.02 Å². The van der Waals surface area contributed by atoms with Crippen LogP contribution in [-0.2, 0) is 10.0 Å². The first-order valence-electron chi connectivity index (χ1n) is 7.79. The van der Waals surface area contributed by atoms with Crippen molar-refractivity contribution in [3.05, 3.63) is 70.9 Å². The molecule has 126 valence electrons. The van der Waals surface area contributed by atoms with Gasteiger partial charge in [0.05, 0.1) is 5.75 Å². The monoisotopic (exact) mass is 362 g/mol. The Balaban J connectivity index is 2.07. The van der Waals surface area contributed by atoms with Crippen LogP contribution in [0.2, 0.25) is 5.02 Å². The number of rotatable bonds is 6. The first-order valence-corrected chi connectivity index (χ1v) is 9.82. The molecule has 4 nitrogen and oxygen atoms in total. The maximum atomic E-state index is 11.9. The van der Waals surface area contributed by atoms with Crippen molar-refractivity contribution in [1.82, 2.24) is 9.71 Å². The molecule has 0 saturated carbocycles. The predicted octanol–water partition coefficient (Wildman–Crippen LogP) is 3.89. The fourth-order valence-corrected chi connectivity index (χ4v) is 3.73. The van der Waals surface area contributed by atoms with Crippen molar-refractivity contribution >= 4 is 32.5 Å². The van der Waals surface area contributed by atoms with Crippen LogP contribution in [0.1, 0.15) is 24.0 Å². The molecular formula is C18H19ClN2O2S. The van der Waals surface area contributed by atoms with Gasteiger partial charge in [-0.3, -0.25) is 0 Å². The summed E-state index contributed by atoms with van der Waals surface area (Å²) in [6.07, 6.45) is 1.93. The van der Waals surface area contributed by atoms with Crippen molar-refractivity contribution in [2.24, 2.45) is 0 Å². The van der Waals surface area contributed by atoms with Crippen molar-refractivity contribution in [2.45, 2.75) is 12.8 Å². The van der Waals surface area contributed by atoms with Crippen LogP contribution in [0.4, 0.5) is 0 Å². The van der Waals surface area contributed by atoms with Crippen LogP contribution in [-0.4, -0.2) is 25.7 Å². The number of halogens is 1. The van der Waals surface area contributed by atoms with Gasteiger partial charge < -0.3 is 4.98 Å². The zero-order valence-corrected chi connectivity index (χ0v) is 14.9. The molecule has 0 fully saturated rings. The number of benzene rings is 2. The van der Waals surface area contributed by atoms with Crippen LogP contribution >= 0.6 is 11.6 Å². The highest BCUT2D eigenvalue weighted by Crippen LogP contribution is 2.34. The number of aromatic amines is 1. The lowest BCUT2D eigenvalue weighted by Gasteiger charge is -2.19. The van der Waals surface area contributed by atoms with Crippen molar-refractivity contribution in [2.75, 3.05) is 12.3 Å². The summed E-state index contributed by atoms with van der Waals surface area (Å²) >= 11 is 6.38. The molecule has 0 aliphatic heterocycles. The Bertz CT molecular complexity index is 950. The predicted molar refractivity (Wildman–Crippen MR) is 99.1 cm³/mol. The second-order valence-electron chi connectivity index (χ2n) is 5.62. The van der Waals surface area contributed by atoms with E-state index in [9.17, 15) is 8.42 Å². The number of nitrogens with one attached hydrogen (secondary N) is 2. The van der Waals surface area contributed by atoms with Crippen LogP contribution in [0.5, 0.6) is 0 Å². The minimum Gasteiger partial charge on any atom is -0.361 e. The highest BCUT2D eigenvalue weighted by Gasteiger charge is 2.22. The molecule has 3 rings (SSSR count). The Morgan fingerprint density at radius 3 is 2.54 bits per heavy atom. The minimum absolute atomic E-state index is 0.0517. The van der Waals surface area contributed by atoms with Crippen molar-refractivity contribution in [3.8, 4) is 0 Å². The number of hydrogen-bond donors (Lipinski definition) is 2. The van der Waals surface area contributed by atoms with E-state index >= 15 is 0 Å². The molecule has 2 aromatic carbocycles. The second kappa shape index (κ2) is 6.97. The quantitative estimate of drug-likeness (QED) is 0.698. The summed E-state index contributed by atoms with van der Waals surface area (Å²) in [7, 11) is -3.28. The number of fused-ring (bicyclic) bond motifs is 1. The average molecular weight is 363 g/mol. The molecule has 1 atom stereocenters. The van der Waals surface area contributed by atoms with Gasteiger partial charge in [-0.15, -0.1) is 0 Å². The van der Waals surface area contributed by atoms with E-state index in [1.165, 1.54) is 0 Å². The lowest BCUT2D eigenvalue weighted by molar-refractivity contribution is 0.579. The van der Waals surface area contributed by atoms with Crippen LogP contribution in [0, 0.1) is 0 Å². The van der Waals surface area contributed by atoms with Gasteiger partial charge in [0.1, 0.15) is 0 Å². The molecule has 24 heavy (non-hydrogen) atoms. The van der Waals surface area contributed by atoms with Gasteiger partial charge in [0, 0.05) is 34.6 Å².